The lowest BCUT2D eigenvalue weighted by Crippen LogP contribution is -2.10. The summed E-state index contributed by atoms with van der Waals surface area (Å²) in [5.74, 6) is 0.236. The van der Waals surface area contributed by atoms with Gasteiger partial charge in [-0.2, -0.15) is 21.9 Å². The van der Waals surface area contributed by atoms with Gasteiger partial charge in [0.2, 0.25) is 5.88 Å². The molecule has 0 atom stereocenters. The highest BCUT2D eigenvalue weighted by Crippen LogP contribution is 2.43. The number of rotatable bonds is 3. The Kier molecular flexibility index (Phi) is 3.96. The molecule has 0 aliphatic carbocycles. The van der Waals surface area contributed by atoms with Crippen LogP contribution in [0.25, 0.3) is 22.0 Å². The van der Waals surface area contributed by atoms with Crippen molar-refractivity contribution in [3.8, 4) is 17.1 Å². The fourth-order valence-corrected chi connectivity index (χ4v) is 3.17. The highest BCUT2D eigenvalue weighted by atomic mass is 32.1. The Hall–Kier alpha value is -2.55. The maximum Gasteiger partial charge on any atom is 0.420 e. The molecule has 1 aromatic carbocycles. The van der Waals surface area contributed by atoms with E-state index in [2.05, 4.69) is 9.36 Å². The van der Waals surface area contributed by atoms with Gasteiger partial charge in [0.1, 0.15) is 10.4 Å². The molecule has 2 heterocycles. The summed E-state index contributed by atoms with van der Waals surface area (Å²) in [4.78, 5) is 13.8. The number of hydrogen-bond acceptors (Lipinski definition) is 5. The lowest BCUT2D eigenvalue weighted by Gasteiger charge is -2.11. The van der Waals surface area contributed by atoms with Crippen LogP contribution in [-0.2, 0) is 6.18 Å². The number of nitrogens with zero attached hydrogens (tertiary/aromatic N) is 2. The van der Waals surface area contributed by atoms with Gasteiger partial charge >= 0.3 is 12.2 Å². The Labute approximate surface area is 136 Å². The Bertz CT molecular complexity index is 937. The van der Waals surface area contributed by atoms with Crippen LogP contribution in [-0.4, -0.2) is 22.5 Å². The zero-order chi connectivity index (χ0) is 17.5. The number of ether oxygens (including phenoxy) is 1. The number of pyridine rings is 1. The fourth-order valence-electron chi connectivity index (χ4n) is 2.42. The van der Waals surface area contributed by atoms with Crippen molar-refractivity contribution in [3.63, 3.8) is 0 Å². The lowest BCUT2D eigenvalue weighted by molar-refractivity contribution is -0.137. The van der Waals surface area contributed by atoms with Crippen LogP contribution in [0.15, 0.2) is 30.5 Å². The average Bonchev–Trinajstić information content (AvgIpc) is 2.99. The topological polar surface area (TPSA) is 52.1 Å². The number of carbonyl (C=O) groups is 1. The number of benzene rings is 1. The van der Waals surface area contributed by atoms with Gasteiger partial charge in [0.15, 0.2) is 0 Å². The standard InChI is InChI=1S/C15H8F4N2O2S/c1-23-14-9-4-2-3-8(7(9)5-6-20-14)11-10(15(17,18)19)12(13(16)22)24-21-11/h2-6H,1H3. The summed E-state index contributed by atoms with van der Waals surface area (Å²) in [6.07, 6.45) is -3.54. The molecule has 0 saturated carbocycles. The molecule has 0 aliphatic heterocycles. The van der Waals surface area contributed by atoms with E-state index in [9.17, 15) is 22.4 Å². The van der Waals surface area contributed by atoms with Crippen LogP contribution in [0.5, 0.6) is 5.88 Å². The van der Waals surface area contributed by atoms with E-state index >= 15 is 0 Å². The number of halogens is 4. The largest absolute Gasteiger partial charge is 0.481 e. The summed E-state index contributed by atoms with van der Waals surface area (Å²) < 4.78 is 61.8. The second-order valence-electron chi connectivity index (χ2n) is 4.73. The summed E-state index contributed by atoms with van der Waals surface area (Å²) in [5.41, 5.74) is -1.75. The van der Waals surface area contributed by atoms with Gasteiger partial charge in [-0.05, 0) is 29.1 Å². The number of carbonyl (C=O) groups excluding carboxylic acids is 1. The van der Waals surface area contributed by atoms with E-state index in [1.165, 1.54) is 31.5 Å². The third-order valence-electron chi connectivity index (χ3n) is 3.37. The summed E-state index contributed by atoms with van der Waals surface area (Å²) in [6, 6.07) is 3.90. The molecule has 2 aromatic heterocycles. The average molecular weight is 356 g/mol. The molecule has 3 rings (SSSR count). The molecule has 3 aromatic rings. The Morgan fingerprint density at radius 3 is 2.58 bits per heavy atom. The van der Waals surface area contributed by atoms with E-state index in [-0.39, 0.29) is 23.0 Å². The van der Waals surface area contributed by atoms with Crippen LogP contribution >= 0.6 is 11.5 Å². The molecule has 0 fully saturated rings. The van der Waals surface area contributed by atoms with E-state index in [0.717, 1.165) is 0 Å². The first-order chi connectivity index (χ1) is 11.3. The molecule has 0 aliphatic rings. The van der Waals surface area contributed by atoms with Gasteiger partial charge in [0, 0.05) is 17.1 Å². The van der Waals surface area contributed by atoms with Crippen LogP contribution in [0.3, 0.4) is 0 Å². The minimum Gasteiger partial charge on any atom is -0.481 e. The molecule has 9 heteroatoms. The smallest absolute Gasteiger partial charge is 0.420 e. The first-order valence-electron chi connectivity index (χ1n) is 6.53. The zero-order valence-electron chi connectivity index (χ0n) is 12.0. The van der Waals surface area contributed by atoms with E-state index in [1.54, 1.807) is 6.07 Å². The molecule has 0 spiro atoms. The van der Waals surface area contributed by atoms with Crippen LogP contribution in [0.2, 0.25) is 0 Å². The summed E-state index contributed by atoms with van der Waals surface area (Å²) >= 11 is 0.183. The number of alkyl halides is 3. The van der Waals surface area contributed by atoms with Crippen molar-refractivity contribution in [3.05, 3.63) is 40.9 Å². The van der Waals surface area contributed by atoms with Crippen molar-refractivity contribution in [2.24, 2.45) is 0 Å². The second kappa shape index (κ2) is 5.82. The first kappa shape index (κ1) is 16.3. The van der Waals surface area contributed by atoms with Gasteiger partial charge < -0.3 is 4.74 Å². The lowest BCUT2D eigenvalue weighted by atomic mass is 10.00. The van der Waals surface area contributed by atoms with Crippen LogP contribution in [0.4, 0.5) is 17.6 Å². The molecular weight excluding hydrogens is 348 g/mol. The predicted octanol–water partition coefficient (Wildman–Crippen LogP) is 4.50. The molecule has 0 radical (unpaired) electrons. The predicted molar refractivity (Wildman–Crippen MR) is 79.8 cm³/mol. The Morgan fingerprint density at radius 2 is 1.96 bits per heavy atom. The molecule has 0 N–H and O–H groups in total. The summed E-state index contributed by atoms with van der Waals surface area (Å²) in [6.45, 7) is 0. The van der Waals surface area contributed by atoms with Gasteiger partial charge in [-0.15, -0.1) is 0 Å². The number of hydrogen-bond donors (Lipinski definition) is 0. The first-order valence-corrected chi connectivity index (χ1v) is 7.30. The van der Waals surface area contributed by atoms with Crippen LogP contribution < -0.4 is 4.74 Å². The van der Waals surface area contributed by atoms with Crippen molar-refractivity contribution in [1.82, 2.24) is 9.36 Å². The molecule has 124 valence electrons. The van der Waals surface area contributed by atoms with Crippen molar-refractivity contribution in [2.75, 3.05) is 7.11 Å². The Balaban J connectivity index is 2.35. The molecule has 24 heavy (non-hydrogen) atoms. The van der Waals surface area contributed by atoms with E-state index < -0.39 is 28.3 Å². The highest BCUT2D eigenvalue weighted by Gasteiger charge is 2.41. The van der Waals surface area contributed by atoms with Gasteiger partial charge in [0.05, 0.1) is 12.8 Å². The minimum atomic E-state index is -4.92. The number of fused-ring (bicyclic) bond motifs is 1. The molecule has 0 unspecified atom stereocenters. The van der Waals surface area contributed by atoms with Crippen LogP contribution in [0, 0.1) is 0 Å². The quantitative estimate of drug-likeness (QED) is 0.512. The summed E-state index contributed by atoms with van der Waals surface area (Å²) in [7, 11) is 1.39. The molecule has 0 amide bonds. The molecule has 0 saturated heterocycles. The van der Waals surface area contributed by atoms with E-state index in [1.807, 2.05) is 0 Å². The fraction of sp³-hybridized carbons (Fsp3) is 0.133. The monoisotopic (exact) mass is 356 g/mol. The molecule has 0 bridgehead atoms. The normalized spacial score (nSPS) is 11.7. The van der Waals surface area contributed by atoms with Gasteiger partial charge in [-0.1, -0.05) is 12.1 Å². The third kappa shape index (κ3) is 2.60. The zero-order valence-corrected chi connectivity index (χ0v) is 12.8. The number of methoxy groups -OCH3 is 1. The van der Waals surface area contributed by atoms with Crippen LogP contribution in [0.1, 0.15) is 15.2 Å². The van der Waals surface area contributed by atoms with Crippen molar-refractivity contribution < 1.29 is 27.1 Å². The van der Waals surface area contributed by atoms with E-state index in [4.69, 9.17) is 4.74 Å². The van der Waals surface area contributed by atoms with E-state index in [0.29, 0.717) is 10.8 Å². The molecule has 4 nitrogen and oxygen atoms in total. The van der Waals surface area contributed by atoms with Gasteiger partial charge in [0.25, 0.3) is 0 Å². The maximum absolute atomic E-state index is 13.3. The third-order valence-corrected chi connectivity index (χ3v) is 4.19. The van der Waals surface area contributed by atoms with Crippen molar-refractivity contribution in [2.45, 2.75) is 6.18 Å². The summed E-state index contributed by atoms with van der Waals surface area (Å²) in [5, 5.41) is 0.879. The minimum absolute atomic E-state index is 0.115. The second-order valence-corrected chi connectivity index (χ2v) is 5.50. The highest BCUT2D eigenvalue weighted by molar-refractivity contribution is 7.08. The van der Waals surface area contributed by atoms with Crippen molar-refractivity contribution in [1.29, 1.82) is 0 Å². The SMILES string of the molecule is COc1nccc2c(-c3nsc(C(=O)F)c3C(F)(F)F)cccc12. The maximum atomic E-state index is 13.3. The van der Waals surface area contributed by atoms with Gasteiger partial charge in [-0.25, -0.2) is 4.98 Å². The number of aromatic nitrogens is 2. The van der Waals surface area contributed by atoms with Crippen molar-refractivity contribution >= 4 is 28.3 Å². The Morgan fingerprint density at radius 1 is 1.21 bits per heavy atom. The van der Waals surface area contributed by atoms with Gasteiger partial charge in [-0.3, -0.25) is 4.79 Å². The molecular formula is C15H8F4N2O2S.